The number of esters is 1. The van der Waals surface area contributed by atoms with Crippen LogP contribution in [0, 0.1) is 10.8 Å². The van der Waals surface area contributed by atoms with E-state index in [2.05, 4.69) is 6.92 Å². The highest BCUT2D eigenvalue weighted by Gasteiger charge is 2.52. The molecule has 0 N–H and O–H groups in total. The number of ether oxygens (including phenoxy) is 2. The van der Waals surface area contributed by atoms with Crippen molar-refractivity contribution >= 4 is 11.8 Å². The van der Waals surface area contributed by atoms with E-state index in [1.54, 1.807) is 0 Å². The first-order valence-corrected chi connectivity index (χ1v) is 7.75. The molecule has 1 aliphatic heterocycles. The van der Waals surface area contributed by atoms with Crippen LogP contribution >= 0.6 is 0 Å². The van der Waals surface area contributed by atoms with Gasteiger partial charge in [0, 0.05) is 18.3 Å². The van der Waals surface area contributed by atoms with Crippen LogP contribution in [-0.4, -0.2) is 30.6 Å². The summed E-state index contributed by atoms with van der Waals surface area (Å²) in [6, 6.07) is 0. The summed E-state index contributed by atoms with van der Waals surface area (Å²) in [5.41, 5.74) is -0.554. The lowest BCUT2D eigenvalue weighted by molar-refractivity contribution is -0.161. The van der Waals surface area contributed by atoms with Crippen molar-refractivity contribution in [3.05, 3.63) is 0 Å². The lowest BCUT2D eigenvalue weighted by Crippen LogP contribution is -2.38. The maximum absolute atomic E-state index is 12.4. The van der Waals surface area contributed by atoms with Crippen molar-refractivity contribution in [2.45, 2.75) is 71.0 Å². The van der Waals surface area contributed by atoms with E-state index in [1.807, 2.05) is 6.92 Å². The lowest BCUT2D eigenvalue weighted by Gasteiger charge is -2.34. The summed E-state index contributed by atoms with van der Waals surface area (Å²) >= 11 is 0. The molecule has 4 heteroatoms. The molecule has 3 aliphatic rings. The Bertz CT molecular complexity index is 432. The first-order valence-electron chi connectivity index (χ1n) is 7.75. The van der Waals surface area contributed by atoms with Gasteiger partial charge in [0.2, 0.25) is 0 Å². The minimum absolute atomic E-state index is 0.106. The van der Waals surface area contributed by atoms with Crippen LogP contribution in [0.5, 0.6) is 0 Å². The average Bonchev–Trinajstić information content (AvgIpc) is 3.13. The fourth-order valence-electron chi connectivity index (χ4n) is 3.71. The summed E-state index contributed by atoms with van der Waals surface area (Å²) in [6.45, 7) is 4.42. The lowest BCUT2D eigenvalue weighted by atomic mass is 9.74. The molecule has 0 bridgehead atoms. The largest absolute Gasteiger partial charge is 0.465 e. The Hall–Kier alpha value is -0.900. The van der Waals surface area contributed by atoms with Gasteiger partial charge in [-0.3, -0.25) is 9.59 Å². The van der Waals surface area contributed by atoms with Crippen LogP contribution in [0.2, 0.25) is 0 Å². The Morgan fingerprint density at radius 3 is 2.85 bits per heavy atom. The summed E-state index contributed by atoms with van der Waals surface area (Å²) in [6.07, 6.45) is 6.38. The second-order valence-corrected chi connectivity index (χ2v) is 7.47. The highest BCUT2D eigenvalue weighted by molar-refractivity contribution is 5.80. The van der Waals surface area contributed by atoms with E-state index in [1.165, 1.54) is 0 Å². The first-order chi connectivity index (χ1) is 9.40. The molecule has 0 aromatic heterocycles. The van der Waals surface area contributed by atoms with Gasteiger partial charge in [0.05, 0.1) is 24.2 Å². The second-order valence-electron chi connectivity index (χ2n) is 7.47. The van der Waals surface area contributed by atoms with Crippen LogP contribution in [0.25, 0.3) is 0 Å². The van der Waals surface area contributed by atoms with Crippen molar-refractivity contribution in [1.82, 2.24) is 0 Å². The van der Waals surface area contributed by atoms with Crippen LogP contribution in [-0.2, 0) is 19.1 Å². The molecule has 2 aliphatic carbocycles. The van der Waals surface area contributed by atoms with E-state index in [9.17, 15) is 9.59 Å². The molecule has 1 heterocycles. The average molecular weight is 280 g/mol. The molecule has 4 nitrogen and oxygen atoms in total. The topological polar surface area (TPSA) is 55.9 Å². The van der Waals surface area contributed by atoms with Crippen LogP contribution in [0.4, 0.5) is 0 Å². The highest BCUT2D eigenvalue weighted by Crippen LogP contribution is 2.47. The van der Waals surface area contributed by atoms with Gasteiger partial charge in [0.1, 0.15) is 5.78 Å². The minimum Gasteiger partial charge on any atom is -0.465 e. The molecule has 4 unspecified atom stereocenters. The van der Waals surface area contributed by atoms with Crippen LogP contribution in [0.3, 0.4) is 0 Å². The summed E-state index contributed by atoms with van der Waals surface area (Å²) in [5.74, 6) is 0.193. The number of carbonyl (C=O) groups excluding carboxylic acids is 2. The van der Waals surface area contributed by atoms with E-state index in [0.29, 0.717) is 31.3 Å². The van der Waals surface area contributed by atoms with Gasteiger partial charge >= 0.3 is 5.97 Å². The van der Waals surface area contributed by atoms with E-state index in [4.69, 9.17) is 9.47 Å². The molecule has 1 saturated heterocycles. The van der Waals surface area contributed by atoms with Crippen LogP contribution in [0.15, 0.2) is 0 Å². The van der Waals surface area contributed by atoms with Gasteiger partial charge in [-0.25, -0.2) is 0 Å². The number of epoxide rings is 1. The second kappa shape index (κ2) is 4.83. The van der Waals surface area contributed by atoms with Gasteiger partial charge in [0.15, 0.2) is 0 Å². The molecule has 0 radical (unpaired) electrons. The number of hydrogen-bond donors (Lipinski definition) is 0. The maximum atomic E-state index is 12.4. The van der Waals surface area contributed by atoms with Crippen molar-refractivity contribution in [2.24, 2.45) is 10.8 Å². The standard InChI is InChI=1S/C16H24O4/c1-15(6-3-4-11(17)8-15)10-19-14(18)16(2)7-5-12-13(9-16)20-12/h12-13H,3-10H2,1-2H3. The van der Waals surface area contributed by atoms with Crippen LogP contribution in [0.1, 0.15) is 58.8 Å². The van der Waals surface area contributed by atoms with Gasteiger partial charge in [-0.15, -0.1) is 0 Å². The number of carbonyl (C=O) groups is 2. The Kier molecular flexibility index (Phi) is 3.39. The number of hydrogen-bond acceptors (Lipinski definition) is 4. The predicted octanol–water partition coefficient (Wildman–Crippen LogP) is 2.64. The Morgan fingerprint density at radius 1 is 1.35 bits per heavy atom. The smallest absolute Gasteiger partial charge is 0.311 e. The fraction of sp³-hybridized carbons (Fsp3) is 0.875. The molecule has 2 saturated carbocycles. The Morgan fingerprint density at radius 2 is 2.15 bits per heavy atom. The van der Waals surface area contributed by atoms with Gasteiger partial charge in [-0.1, -0.05) is 6.92 Å². The molecule has 0 aromatic carbocycles. The first kappa shape index (κ1) is 14.1. The van der Waals surface area contributed by atoms with Crippen molar-refractivity contribution in [3.8, 4) is 0 Å². The van der Waals surface area contributed by atoms with E-state index in [-0.39, 0.29) is 17.5 Å². The molecule has 3 fully saturated rings. The Balaban J connectivity index is 1.54. The van der Waals surface area contributed by atoms with E-state index >= 15 is 0 Å². The SMILES string of the molecule is CC1(COC(=O)C2(C)CCC3OC3C2)CCCC(=O)C1. The zero-order valence-corrected chi connectivity index (χ0v) is 12.4. The minimum atomic E-state index is -0.396. The van der Waals surface area contributed by atoms with Gasteiger partial charge in [-0.05, 0) is 39.0 Å². The molecular formula is C16H24O4. The molecule has 0 aromatic rings. The summed E-state index contributed by atoms with van der Waals surface area (Å²) in [4.78, 5) is 24.0. The number of fused-ring (bicyclic) bond motifs is 1. The maximum Gasteiger partial charge on any atom is 0.311 e. The molecule has 0 amide bonds. The molecule has 3 rings (SSSR count). The monoisotopic (exact) mass is 280 g/mol. The van der Waals surface area contributed by atoms with Crippen molar-refractivity contribution in [3.63, 3.8) is 0 Å². The quantitative estimate of drug-likeness (QED) is 0.589. The third-order valence-corrected chi connectivity index (χ3v) is 5.22. The number of ketones is 1. The molecule has 4 atom stereocenters. The summed E-state index contributed by atoms with van der Waals surface area (Å²) in [5, 5.41) is 0. The number of Topliss-reactive ketones (excluding diaryl/α,β-unsaturated/α-hetero) is 1. The van der Waals surface area contributed by atoms with Crippen molar-refractivity contribution in [2.75, 3.05) is 6.61 Å². The van der Waals surface area contributed by atoms with E-state index < -0.39 is 5.41 Å². The molecule has 112 valence electrons. The predicted molar refractivity (Wildman–Crippen MR) is 73.2 cm³/mol. The van der Waals surface area contributed by atoms with Crippen molar-refractivity contribution < 1.29 is 19.1 Å². The Labute approximate surface area is 120 Å². The normalized spacial score (nSPS) is 43.8. The molecular weight excluding hydrogens is 256 g/mol. The van der Waals surface area contributed by atoms with Gasteiger partial charge in [0.25, 0.3) is 0 Å². The van der Waals surface area contributed by atoms with Crippen LogP contribution < -0.4 is 0 Å². The third kappa shape index (κ3) is 2.76. The number of rotatable bonds is 3. The van der Waals surface area contributed by atoms with Crippen molar-refractivity contribution in [1.29, 1.82) is 0 Å². The summed E-state index contributed by atoms with van der Waals surface area (Å²) < 4.78 is 11.1. The summed E-state index contributed by atoms with van der Waals surface area (Å²) in [7, 11) is 0. The third-order valence-electron chi connectivity index (χ3n) is 5.22. The van der Waals surface area contributed by atoms with E-state index in [0.717, 1.165) is 32.1 Å². The fourth-order valence-corrected chi connectivity index (χ4v) is 3.71. The zero-order chi connectivity index (χ0) is 14.4. The zero-order valence-electron chi connectivity index (χ0n) is 12.4. The highest BCUT2D eigenvalue weighted by atomic mass is 16.6. The molecule has 0 spiro atoms. The van der Waals surface area contributed by atoms with Gasteiger partial charge in [-0.2, -0.15) is 0 Å². The molecule has 20 heavy (non-hydrogen) atoms. The van der Waals surface area contributed by atoms with Gasteiger partial charge < -0.3 is 9.47 Å².